The van der Waals surface area contributed by atoms with Gasteiger partial charge in [-0.25, -0.2) is 4.79 Å². The van der Waals surface area contributed by atoms with Gasteiger partial charge in [0.25, 0.3) is 5.91 Å². The van der Waals surface area contributed by atoms with Crippen molar-refractivity contribution in [3.63, 3.8) is 0 Å². The summed E-state index contributed by atoms with van der Waals surface area (Å²) in [4.78, 5) is 24.7. The number of carbonyl (C=O) groups excluding carboxylic acids is 2. The molecule has 0 aliphatic carbocycles. The molecule has 9 heteroatoms. The first-order valence-electron chi connectivity index (χ1n) is 9.34. The van der Waals surface area contributed by atoms with E-state index in [0.29, 0.717) is 28.6 Å². The van der Waals surface area contributed by atoms with Crippen molar-refractivity contribution < 1.29 is 28.3 Å². The maximum atomic E-state index is 12.4. The van der Waals surface area contributed by atoms with E-state index in [-0.39, 0.29) is 17.0 Å². The Morgan fingerprint density at radius 2 is 1.78 bits per heavy atom. The maximum Gasteiger partial charge on any atom is 0.343 e. The van der Waals surface area contributed by atoms with Gasteiger partial charge in [-0.2, -0.15) is 5.26 Å². The average molecular weight is 433 g/mol. The zero-order valence-corrected chi connectivity index (χ0v) is 17.5. The van der Waals surface area contributed by atoms with Crippen LogP contribution in [0.5, 0.6) is 17.2 Å². The normalized spacial score (nSPS) is 10.8. The molecule has 3 aromatic rings. The Kier molecular flexibility index (Phi) is 6.88. The summed E-state index contributed by atoms with van der Waals surface area (Å²) in [7, 11) is 2.98. The predicted octanol–water partition coefficient (Wildman–Crippen LogP) is 3.77. The third kappa shape index (κ3) is 5.31. The van der Waals surface area contributed by atoms with Crippen LogP contribution in [0.2, 0.25) is 0 Å². The Labute approximate surface area is 183 Å². The molecule has 1 N–H and O–H groups in total. The van der Waals surface area contributed by atoms with E-state index in [1.165, 1.54) is 32.4 Å². The Morgan fingerprint density at radius 3 is 2.38 bits per heavy atom. The summed E-state index contributed by atoms with van der Waals surface area (Å²) in [6.45, 7) is 1.68. The number of benzene rings is 2. The van der Waals surface area contributed by atoms with E-state index < -0.39 is 11.9 Å². The van der Waals surface area contributed by atoms with E-state index in [2.05, 4.69) is 10.5 Å². The summed E-state index contributed by atoms with van der Waals surface area (Å²) in [5, 5.41) is 15.5. The van der Waals surface area contributed by atoms with Gasteiger partial charge in [0.2, 0.25) is 0 Å². The minimum Gasteiger partial charge on any atom is -0.493 e. The van der Waals surface area contributed by atoms with Crippen LogP contribution >= 0.6 is 0 Å². The molecular formula is C23H19N3O6. The van der Waals surface area contributed by atoms with Gasteiger partial charge in [0.05, 0.1) is 19.8 Å². The van der Waals surface area contributed by atoms with Crippen LogP contribution in [0, 0.1) is 18.3 Å². The van der Waals surface area contributed by atoms with E-state index in [9.17, 15) is 14.9 Å². The van der Waals surface area contributed by atoms with Crippen LogP contribution < -0.4 is 19.5 Å². The smallest absolute Gasteiger partial charge is 0.343 e. The number of hydrogen-bond donors (Lipinski definition) is 1. The van der Waals surface area contributed by atoms with E-state index >= 15 is 0 Å². The second-order valence-corrected chi connectivity index (χ2v) is 6.48. The van der Waals surface area contributed by atoms with Crippen molar-refractivity contribution in [3.8, 4) is 23.3 Å². The van der Waals surface area contributed by atoms with Crippen LogP contribution in [0.1, 0.15) is 21.7 Å². The van der Waals surface area contributed by atoms with Crippen LogP contribution in [0.4, 0.5) is 5.82 Å². The highest BCUT2D eigenvalue weighted by Gasteiger charge is 2.14. The third-order valence-corrected chi connectivity index (χ3v) is 4.26. The lowest BCUT2D eigenvalue weighted by molar-refractivity contribution is -0.112. The quantitative estimate of drug-likeness (QED) is 0.258. The first-order chi connectivity index (χ1) is 15.4. The van der Waals surface area contributed by atoms with E-state index in [1.54, 1.807) is 43.3 Å². The number of nitriles is 1. The summed E-state index contributed by atoms with van der Waals surface area (Å²) in [6, 6.07) is 14.4. The van der Waals surface area contributed by atoms with Gasteiger partial charge in [0.1, 0.15) is 23.2 Å². The highest BCUT2D eigenvalue weighted by atomic mass is 16.5. The minimum atomic E-state index is -0.621. The molecule has 1 amide bonds. The second-order valence-electron chi connectivity index (χ2n) is 6.48. The zero-order valence-electron chi connectivity index (χ0n) is 17.5. The predicted molar refractivity (Wildman–Crippen MR) is 114 cm³/mol. The second kappa shape index (κ2) is 9.95. The van der Waals surface area contributed by atoms with Crippen molar-refractivity contribution in [1.82, 2.24) is 5.16 Å². The average Bonchev–Trinajstić information content (AvgIpc) is 3.22. The molecule has 0 saturated carbocycles. The van der Waals surface area contributed by atoms with E-state index in [1.807, 2.05) is 6.07 Å². The number of carbonyl (C=O) groups is 2. The molecular weight excluding hydrogens is 414 g/mol. The lowest BCUT2D eigenvalue weighted by Gasteiger charge is -2.09. The molecule has 1 aromatic heterocycles. The summed E-state index contributed by atoms with van der Waals surface area (Å²) < 4.78 is 20.6. The highest BCUT2D eigenvalue weighted by molar-refractivity contribution is 6.09. The lowest BCUT2D eigenvalue weighted by atomic mass is 10.1. The molecule has 1 heterocycles. The lowest BCUT2D eigenvalue weighted by Crippen LogP contribution is -2.13. The minimum absolute atomic E-state index is 0.124. The van der Waals surface area contributed by atoms with Crippen molar-refractivity contribution in [2.45, 2.75) is 6.92 Å². The van der Waals surface area contributed by atoms with E-state index in [4.69, 9.17) is 18.7 Å². The van der Waals surface area contributed by atoms with Gasteiger partial charge in [0, 0.05) is 6.07 Å². The Balaban J connectivity index is 1.69. The van der Waals surface area contributed by atoms with Crippen molar-refractivity contribution in [2.24, 2.45) is 0 Å². The molecule has 0 radical (unpaired) electrons. The molecule has 0 aliphatic heterocycles. The number of aromatic nitrogens is 1. The number of esters is 1. The molecule has 162 valence electrons. The molecule has 0 aliphatic rings. The highest BCUT2D eigenvalue weighted by Crippen LogP contribution is 2.28. The van der Waals surface area contributed by atoms with Gasteiger partial charge in [-0.15, -0.1) is 0 Å². The summed E-state index contributed by atoms with van der Waals surface area (Å²) in [6.07, 6.45) is 1.40. The van der Waals surface area contributed by atoms with Crippen LogP contribution in [-0.2, 0) is 4.79 Å². The zero-order chi connectivity index (χ0) is 23.1. The fraction of sp³-hybridized carbons (Fsp3) is 0.130. The van der Waals surface area contributed by atoms with Gasteiger partial charge < -0.3 is 24.1 Å². The largest absolute Gasteiger partial charge is 0.493 e. The molecule has 32 heavy (non-hydrogen) atoms. The number of nitrogens with zero attached hydrogens (tertiary/aromatic N) is 2. The fourth-order valence-electron chi connectivity index (χ4n) is 2.69. The van der Waals surface area contributed by atoms with E-state index in [0.717, 1.165) is 0 Å². The molecule has 0 saturated heterocycles. The van der Waals surface area contributed by atoms with Crippen molar-refractivity contribution in [1.29, 1.82) is 5.26 Å². The third-order valence-electron chi connectivity index (χ3n) is 4.26. The van der Waals surface area contributed by atoms with Crippen LogP contribution in [0.3, 0.4) is 0 Å². The topological polar surface area (TPSA) is 124 Å². The van der Waals surface area contributed by atoms with Gasteiger partial charge >= 0.3 is 5.97 Å². The molecule has 2 aromatic carbocycles. The molecule has 3 rings (SSSR count). The standard InChI is InChI=1S/C23H19N3O6/c1-14-10-21(26-32-14)25-22(27)17(13-24)11-15-4-7-18(8-5-15)31-23(28)16-6-9-19(29-2)20(12-16)30-3/h4-12H,1-3H3,(H,25,26,27)/b17-11-. The summed E-state index contributed by atoms with van der Waals surface area (Å²) >= 11 is 0. The van der Waals surface area contributed by atoms with Crippen molar-refractivity contribution in [3.05, 3.63) is 71.0 Å². The summed E-state index contributed by atoms with van der Waals surface area (Å²) in [5.74, 6) is 0.746. The van der Waals surface area contributed by atoms with Crippen LogP contribution in [0.15, 0.2) is 58.6 Å². The molecule has 0 bridgehead atoms. The molecule has 0 fully saturated rings. The Morgan fingerprint density at radius 1 is 1.06 bits per heavy atom. The van der Waals surface area contributed by atoms with Gasteiger partial charge in [-0.3, -0.25) is 4.79 Å². The Hall–Kier alpha value is -4.58. The number of rotatable bonds is 7. The number of anilines is 1. The van der Waals surface area contributed by atoms with Gasteiger partial charge in [-0.05, 0) is 48.9 Å². The number of nitrogens with one attached hydrogen (secondary N) is 1. The fourth-order valence-corrected chi connectivity index (χ4v) is 2.69. The molecule has 0 unspecified atom stereocenters. The molecule has 0 spiro atoms. The molecule has 9 nitrogen and oxygen atoms in total. The summed E-state index contributed by atoms with van der Waals surface area (Å²) in [5.41, 5.74) is 0.734. The first-order valence-corrected chi connectivity index (χ1v) is 9.34. The number of methoxy groups -OCH3 is 2. The number of aryl methyl sites for hydroxylation is 1. The monoisotopic (exact) mass is 433 g/mol. The Bertz CT molecular complexity index is 1210. The number of hydrogen-bond acceptors (Lipinski definition) is 8. The van der Waals surface area contributed by atoms with Gasteiger partial charge in [0.15, 0.2) is 17.3 Å². The number of amides is 1. The molecule has 0 atom stereocenters. The number of ether oxygens (including phenoxy) is 3. The van der Waals surface area contributed by atoms with Crippen LogP contribution in [-0.4, -0.2) is 31.3 Å². The SMILES string of the molecule is COc1ccc(C(=O)Oc2ccc(/C=C(/C#N)C(=O)Nc3cc(C)on3)cc2)cc1OC. The maximum absolute atomic E-state index is 12.4. The van der Waals surface area contributed by atoms with Gasteiger partial charge in [-0.1, -0.05) is 17.3 Å². The first kappa shape index (κ1) is 22.1. The van der Waals surface area contributed by atoms with Crippen molar-refractivity contribution >= 4 is 23.8 Å². The van der Waals surface area contributed by atoms with Crippen molar-refractivity contribution in [2.75, 3.05) is 19.5 Å². The van der Waals surface area contributed by atoms with Crippen LogP contribution in [0.25, 0.3) is 6.08 Å².